The van der Waals surface area contributed by atoms with Crippen molar-refractivity contribution in [2.75, 3.05) is 6.61 Å². The summed E-state index contributed by atoms with van der Waals surface area (Å²) in [6.07, 6.45) is -0.916. The van der Waals surface area contributed by atoms with E-state index in [-0.39, 0.29) is 0 Å². The second-order valence-corrected chi connectivity index (χ2v) is 6.23. The molecule has 0 fully saturated rings. The first-order chi connectivity index (χ1) is 8.30. The second-order valence-electron chi connectivity index (χ2n) is 4.52. The molecule has 0 saturated carbocycles. The van der Waals surface area contributed by atoms with Gasteiger partial charge in [-0.05, 0) is 70.3 Å². The van der Waals surface area contributed by atoms with Gasteiger partial charge in [0, 0.05) is 8.95 Å². The quantitative estimate of drug-likeness (QED) is 0.808. The van der Waals surface area contributed by atoms with Gasteiger partial charge in [0.25, 0.3) is 0 Å². The van der Waals surface area contributed by atoms with E-state index in [0.29, 0.717) is 12.2 Å². The summed E-state index contributed by atoms with van der Waals surface area (Å²) in [6, 6.07) is 5.39. The molecular formula is C13H16Br2O3. The normalized spacial score (nSPS) is 13.2. The largest absolute Gasteiger partial charge is 0.465 e. The number of aliphatic hydroxyl groups excluding tert-OH is 1. The zero-order chi connectivity index (χ0) is 13.9. The molecule has 1 aromatic carbocycles. The summed E-state index contributed by atoms with van der Waals surface area (Å²) in [5.74, 6) is -0.406. The van der Waals surface area contributed by atoms with E-state index in [9.17, 15) is 9.90 Å². The van der Waals surface area contributed by atoms with Crippen molar-refractivity contribution in [3.8, 4) is 0 Å². The van der Waals surface area contributed by atoms with E-state index in [1.54, 1.807) is 32.9 Å². The molecule has 0 spiro atoms. The highest BCUT2D eigenvalue weighted by molar-refractivity contribution is 9.13. The maximum Gasteiger partial charge on any atom is 0.314 e. The molecule has 0 aliphatic carbocycles. The van der Waals surface area contributed by atoms with Crippen LogP contribution in [0.5, 0.6) is 0 Å². The minimum atomic E-state index is -0.983. The molecule has 1 atom stereocenters. The van der Waals surface area contributed by atoms with Gasteiger partial charge in [-0.25, -0.2) is 0 Å². The molecule has 0 heterocycles. The number of carbonyl (C=O) groups excluding carboxylic acids is 1. The average molecular weight is 380 g/mol. The van der Waals surface area contributed by atoms with Crippen LogP contribution in [-0.2, 0) is 9.53 Å². The van der Waals surface area contributed by atoms with Gasteiger partial charge in [-0.3, -0.25) is 4.79 Å². The fourth-order valence-electron chi connectivity index (χ4n) is 1.53. The number of rotatable bonds is 4. The number of esters is 1. The van der Waals surface area contributed by atoms with Gasteiger partial charge >= 0.3 is 5.97 Å². The summed E-state index contributed by atoms with van der Waals surface area (Å²) in [7, 11) is 0. The Morgan fingerprint density at radius 2 is 2.00 bits per heavy atom. The van der Waals surface area contributed by atoms with Crippen LogP contribution in [0.1, 0.15) is 32.4 Å². The van der Waals surface area contributed by atoms with Crippen molar-refractivity contribution in [1.82, 2.24) is 0 Å². The van der Waals surface area contributed by atoms with Crippen molar-refractivity contribution in [1.29, 1.82) is 0 Å². The van der Waals surface area contributed by atoms with E-state index < -0.39 is 17.5 Å². The van der Waals surface area contributed by atoms with E-state index >= 15 is 0 Å². The van der Waals surface area contributed by atoms with Crippen LogP contribution in [0.4, 0.5) is 0 Å². The van der Waals surface area contributed by atoms with E-state index in [0.717, 1.165) is 8.95 Å². The van der Waals surface area contributed by atoms with Crippen molar-refractivity contribution in [2.45, 2.75) is 26.9 Å². The lowest BCUT2D eigenvalue weighted by atomic mass is 9.83. The highest BCUT2D eigenvalue weighted by atomic mass is 79.9. The highest BCUT2D eigenvalue weighted by Crippen LogP contribution is 2.36. The minimum Gasteiger partial charge on any atom is -0.465 e. The molecule has 0 aliphatic rings. The lowest BCUT2D eigenvalue weighted by Gasteiger charge is -2.28. The minimum absolute atomic E-state index is 0.305. The van der Waals surface area contributed by atoms with Gasteiger partial charge in [0.2, 0.25) is 0 Å². The van der Waals surface area contributed by atoms with Crippen LogP contribution in [0.3, 0.4) is 0 Å². The lowest BCUT2D eigenvalue weighted by molar-refractivity contribution is -0.160. The summed E-state index contributed by atoms with van der Waals surface area (Å²) in [6.45, 7) is 5.40. The molecule has 1 aromatic rings. The van der Waals surface area contributed by atoms with E-state index in [1.165, 1.54) is 0 Å². The summed E-state index contributed by atoms with van der Waals surface area (Å²) in [5.41, 5.74) is -0.313. The third-order valence-electron chi connectivity index (χ3n) is 2.74. The molecular weight excluding hydrogens is 364 g/mol. The molecule has 18 heavy (non-hydrogen) atoms. The van der Waals surface area contributed by atoms with Gasteiger partial charge in [0.05, 0.1) is 18.1 Å². The molecule has 0 radical (unpaired) electrons. The van der Waals surface area contributed by atoms with Gasteiger partial charge in [0.15, 0.2) is 0 Å². The average Bonchev–Trinajstić information content (AvgIpc) is 2.32. The molecule has 1 unspecified atom stereocenters. The summed E-state index contributed by atoms with van der Waals surface area (Å²) in [5, 5.41) is 10.3. The topological polar surface area (TPSA) is 46.5 Å². The first-order valence-electron chi connectivity index (χ1n) is 5.61. The summed E-state index contributed by atoms with van der Waals surface area (Å²) in [4.78, 5) is 11.8. The first-order valence-corrected chi connectivity index (χ1v) is 7.19. The van der Waals surface area contributed by atoms with Crippen LogP contribution in [0.2, 0.25) is 0 Å². The van der Waals surface area contributed by atoms with Gasteiger partial charge in [-0.2, -0.15) is 0 Å². The van der Waals surface area contributed by atoms with Crippen molar-refractivity contribution in [2.24, 2.45) is 5.41 Å². The van der Waals surface area contributed by atoms with Crippen LogP contribution in [-0.4, -0.2) is 17.7 Å². The van der Waals surface area contributed by atoms with Crippen LogP contribution in [0, 0.1) is 5.41 Å². The van der Waals surface area contributed by atoms with Gasteiger partial charge < -0.3 is 9.84 Å². The zero-order valence-corrected chi connectivity index (χ0v) is 13.7. The van der Waals surface area contributed by atoms with E-state index in [4.69, 9.17) is 4.74 Å². The maximum atomic E-state index is 11.8. The van der Waals surface area contributed by atoms with Crippen LogP contribution < -0.4 is 0 Å². The second kappa shape index (κ2) is 6.17. The Morgan fingerprint density at radius 3 is 2.50 bits per heavy atom. The Balaban J connectivity index is 3.01. The van der Waals surface area contributed by atoms with Gasteiger partial charge in [-0.1, -0.05) is 6.07 Å². The van der Waals surface area contributed by atoms with E-state index in [2.05, 4.69) is 31.9 Å². The third-order valence-corrected chi connectivity index (χ3v) is 4.62. The summed E-state index contributed by atoms with van der Waals surface area (Å²) >= 11 is 6.74. The Bertz CT molecular complexity index is 444. The Kier molecular flexibility index (Phi) is 5.37. The monoisotopic (exact) mass is 378 g/mol. The number of carbonyl (C=O) groups is 1. The Hall–Kier alpha value is -0.390. The predicted octanol–water partition coefficient (Wildman–Crippen LogP) is 3.83. The lowest BCUT2D eigenvalue weighted by Crippen LogP contribution is -2.33. The maximum absolute atomic E-state index is 11.8. The van der Waals surface area contributed by atoms with Crippen LogP contribution >= 0.6 is 31.9 Å². The SMILES string of the molecule is CCOC(=O)C(C)(C)C(O)c1ccc(Br)c(Br)c1. The van der Waals surface area contributed by atoms with Crippen molar-refractivity contribution < 1.29 is 14.6 Å². The zero-order valence-electron chi connectivity index (χ0n) is 10.5. The molecule has 0 aliphatic heterocycles. The predicted molar refractivity (Wildman–Crippen MR) is 77.2 cm³/mol. The number of aliphatic hydroxyl groups is 1. The molecule has 5 heteroatoms. The number of hydrogen-bond donors (Lipinski definition) is 1. The molecule has 0 bridgehead atoms. The Labute approximate surface area is 124 Å². The molecule has 3 nitrogen and oxygen atoms in total. The molecule has 0 aromatic heterocycles. The van der Waals surface area contributed by atoms with Crippen LogP contribution in [0.15, 0.2) is 27.1 Å². The number of hydrogen-bond acceptors (Lipinski definition) is 3. The number of benzene rings is 1. The molecule has 0 amide bonds. The smallest absolute Gasteiger partial charge is 0.314 e. The fraction of sp³-hybridized carbons (Fsp3) is 0.462. The van der Waals surface area contributed by atoms with Gasteiger partial charge in [-0.15, -0.1) is 0 Å². The molecule has 0 saturated heterocycles. The number of halogens is 2. The first kappa shape index (κ1) is 15.7. The third kappa shape index (κ3) is 3.33. The van der Waals surface area contributed by atoms with Crippen LogP contribution in [0.25, 0.3) is 0 Å². The molecule has 1 rings (SSSR count). The van der Waals surface area contributed by atoms with E-state index in [1.807, 2.05) is 6.07 Å². The standard InChI is InChI=1S/C13H16Br2O3/c1-4-18-12(17)13(2,3)11(16)8-5-6-9(14)10(15)7-8/h5-7,11,16H,4H2,1-3H3. The van der Waals surface area contributed by atoms with Crippen molar-refractivity contribution >= 4 is 37.8 Å². The van der Waals surface area contributed by atoms with Crippen molar-refractivity contribution in [3.63, 3.8) is 0 Å². The van der Waals surface area contributed by atoms with Gasteiger partial charge in [0.1, 0.15) is 0 Å². The molecule has 100 valence electrons. The molecule has 1 N–H and O–H groups in total. The number of ether oxygens (including phenoxy) is 1. The Morgan fingerprint density at radius 1 is 1.39 bits per heavy atom. The highest BCUT2D eigenvalue weighted by Gasteiger charge is 2.38. The van der Waals surface area contributed by atoms with Crippen molar-refractivity contribution in [3.05, 3.63) is 32.7 Å². The summed E-state index contributed by atoms with van der Waals surface area (Å²) < 4.78 is 6.71. The fourth-order valence-corrected chi connectivity index (χ4v) is 2.17.